The van der Waals surface area contributed by atoms with Gasteiger partial charge in [-0.2, -0.15) is 0 Å². The van der Waals surface area contributed by atoms with Crippen LogP contribution < -0.4 is 9.47 Å². The second-order valence-electron chi connectivity index (χ2n) is 14.6. The Morgan fingerprint density at radius 2 is 1.27 bits per heavy atom. The van der Waals surface area contributed by atoms with Crippen molar-refractivity contribution in [3.63, 3.8) is 0 Å². The molecule has 5 aromatic rings. The van der Waals surface area contributed by atoms with Crippen LogP contribution in [0, 0.1) is 0 Å². The van der Waals surface area contributed by atoms with Crippen LogP contribution in [0.25, 0.3) is 0 Å². The van der Waals surface area contributed by atoms with Gasteiger partial charge in [0.1, 0.15) is 48.6 Å². The standard InChI is InChI=1S/C50H57ClO8/c1-3-28-55-45-32-44(51)41(30-37-23-25-42(26-24-37)54-4-2)31-43(45)47-49(57-34-39-19-11-6-12-20-39)50(58-35-40-21-13-7-14-22-40)48(56-33-38-17-9-5-10-18-38)46(59-47)36-53-29-16-8-15-27-52/h3,5-7,9-14,17-26,31-32,46-50,52H,1,4,8,15-16,27-30,33-36H2,2H3. The van der Waals surface area contributed by atoms with Crippen LogP contribution in [0.2, 0.25) is 5.02 Å². The SMILES string of the molecule is C=CCOc1cc(Cl)c(Cc2ccc(OCC)cc2)cc1C1OC(COCCCCCO)C(OCc2ccccc2)C(OCc2ccccc2)C1OCc1ccccc1. The summed E-state index contributed by atoms with van der Waals surface area (Å²) in [6.45, 7) is 8.64. The molecule has 0 radical (unpaired) electrons. The Bertz CT molecular complexity index is 1940. The lowest BCUT2D eigenvalue weighted by Gasteiger charge is -2.46. The molecule has 5 unspecified atom stereocenters. The lowest BCUT2D eigenvalue weighted by molar-refractivity contribution is -0.274. The fraction of sp³-hybridized carbons (Fsp3) is 0.360. The summed E-state index contributed by atoms with van der Waals surface area (Å²) in [6, 6.07) is 42.3. The highest BCUT2D eigenvalue weighted by Crippen LogP contribution is 2.43. The highest BCUT2D eigenvalue weighted by Gasteiger charge is 2.50. The second kappa shape index (κ2) is 23.9. The van der Waals surface area contributed by atoms with E-state index in [4.69, 9.17) is 44.8 Å². The van der Waals surface area contributed by atoms with E-state index in [0.29, 0.717) is 50.2 Å². The highest BCUT2D eigenvalue weighted by molar-refractivity contribution is 6.31. The summed E-state index contributed by atoms with van der Waals surface area (Å²) < 4.78 is 46.5. The number of hydrogen-bond donors (Lipinski definition) is 1. The zero-order chi connectivity index (χ0) is 41.1. The van der Waals surface area contributed by atoms with Gasteiger partial charge in [-0.05, 0) is 84.7 Å². The first-order valence-electron chi connectivity index (χ1n) is 20.6. The largest absolute Gasteiger partial charge is 0.494 e. The molecule has 0 aliphatic carbocycles. The van der Waals surface area contributed by atoms with Gasteiger partial charge >= 0.3 is 0 Å². The smallest absolute Gasteiger partial charge is 0.127 e. The summed E-state index contributed by atoms with van der Waals surface area (Å²) in [7, 11) is 0. The highest BCUT2D eigenvalue weighted by atomic mass is 35.5. The molecule has 5 aromatic carbocycles. The molecule has 0 spiro atoms. The maximum atomic E-state index is 9.35. The number of ether oxygens (including phenoxy) is 7. The Morgan fingerprint density at radius 1 is 0.678 bits per heavy atom. The van der Waals surface area contributed by atoms with E-state index in [1.54, 1.807) is 6.08 Å². The van der Waals surface area contributed by atoms with Crippen LogP contribution in [-0.4, -0.2) is 62.6 Å². The molecule has 0 amide bonds. The van der Waals surface area contributed by atoms with Crippen LogP contribution >= 0.6 is 11.6 Å². The van der Waals surface area contributed by atoms with Crippen LogP contribution in [-0.2, 0) is 49.9 Å². The fourth-order valence-electron chi connectivity index (χ4n) is 7.21. The molecule has 1 N–H and O–H groups in total. The van der Waals surface area contributed by atoms with Gasteiger partial charge in [0.2, 0.25) is 0 Å². The zero-order valence-electron chi connectivity index (χ0n) is 34.0. The molecular formula is C50H57ClO8. The van der Waals surface area contributed by atoms with Gasteiger partial charge in [-0.3, -0.25) is 0 Å². The summed E-state index contributed by atoms with van der Waals surface area (Å²) in [5, 5.41) is 9.92. The summed E-state index contributed by atoms with van der Waals surface area (Å²) in [5.41, 5.74) is 5.82. The van der Waals surface area contributed by atoms with Gasteiger partial charge in [0.05, 0.1) is 33.0 Å². The molecule has 1 heterocycles. The molecule has 0 aromatic heterocycles. The van der Waals surface area contributed by atoms with Gasteiger partial charge in [0.25, 0.3) is 0 Å². The minimum absolute atomic E-state index is 0.158. The lowest BCUT2D eigenvalue weighted by atomic mass is 9.88. The van der Waals surface area contributed by atoms with Crippen LogP contribution in [0.3, 0.4) is 0 Å². The van der Waals surface area contributed by atoms with E-state index in [1.807, 2.05) is 104 Å². The van der Waals surface area contributed by atoms with E-state index in [2.05, 4.69) is 36.9 Å². The molecule has 1 fully saturated rings. The predicted octanol–water partition coefficient (Wildman–Crippen LogP) is 10.3. The molecule has 9 heteroatoms. The van der Waals surface area contributed by atoms with E-state index in [1.165, 1.54) is 0 Å². The van der Waals surface area contributed by atoms with Gasteiger partial charge in [-0.1, -0.05) is 127 Å². The summed E-state index contributed by atoms with van der Waals surface area (Å²) >= 11 is 7.06. The third-order valence-electron chi connectivity index (χ3n) is 10.2. The first kappa shape index (κ1) is 44.1. The molecule has 0 saturated carbocycles. The Balaban J connectivity index is 1.43. The average molecular weight is 821 g/mol. The van der Waals surface area contributed by atoms with Gasteiger partial charge < -0.3 is 38.3 Å². The maximum Gasteiger partial charge on any atom is 0.127 e. The molecule has 0 bridgehead atoms. The summed E-state index contributed by atoms with van der Waals surface area (Å²) in [4.78, 5) is 0. The Kier molecular flexibility index (Phi) is 17.9. The molecule has 1 aliphatic rings. The van der Waals surface area contributed by atoms with Crippen molar-refractivity contribution in [2.45, 2.75) is 82.9 Å². The second-order valence-corrected chi connectivity index (χ2v) is 15.0. The first-order valence-corrected chi connectivity index (χ1v) is 21.0. The molecule has 1 saturated heterocycles. The third kappa shape index (κ3) is 13.2. The summed E-state index contributed by atoms with van der Waals surface area (Å²) in [6.07, 6.45) is 1.59. The number of hydrogen-bond acceptors (Lipinski definition) is 8. The molecule has 5 atom stereocenters. The van der Waals surface area contributed by atoms with Gasteiger partial charge in [-0.15, -0.1) is 0 Å². The van der Waals surface area contributed by atoms with E-state index >= 15 is 0 Å². The minimum Gasteiger partial charge on any atom is -0.494 e. The number of aliphatic hydroxyl groups is 1. The zero-order valence-corrected chi connectivity index (χ0v) is 34.7. The number of rotatable bonds is 24. The van der Waals surface area contributed by atoms with Crippen molar-refractivity contribution in [3.8, 4) is 11.5 Å². The Hall–Kier alpha value is -4.51. The van der Waals surface area contributed by atoms with Crippen molar-refractivity contribution in [1.29, 1.82) is 0 Å². The molecule has 8 nitrogen and oxygen atoms in total. The number of benzene rings is 5. The van der Waals surface area contributed by atoms with Crippen molar-refractivity contribution >= 4 is 11.6 Å². The molecule has 59 heavy (non-hydrogen) atoms. The van der Waals surface area contributed by atoms with Gasteiger partial charge in [-0.25, -0.2) is 0 Å². The number of halogens is 1. The first-order chi connectivity index (χ1) is 29.1. The predicted molar refractivity (Wildman–Crippen MR) is 232 cm³/mol. The molecule has 6 rings (SSSR count). The fourth-order valence-corrected chi connectivity index (χ4v) is 7.43. The van der Waals surface area contributed by atoms with E-state index < -0.39 is 30.5 Å². The van der Waals surface area contributed by atoms with Crippen LogP contribution in [0.5, 0.6) is 11.5 Å². The van der Waals surface area contributed by atoms with E-state index in [-0.39, 0.29) is 19.8 Å². The van der Waals surface area contributed by atoms with Crippen molar-refractivity contribution in [2.75, 3.05) is 33.0 Å². The normalized spacial score (nSPS) is 19.0. The average Bonchev–Trinajstić information content (AvgIpc) is 3.27. The lowest BCUT2D eigenvalue weighted by Crippen LogP contribution is -2.58. The van der Waals surface area contributed by atoms with E-state index in [9.17, 15) is 5.11 Å². The number of unbranched alkanes of at least 4 members (excludes halogenated alkanes) is 2. The van der Waals surface area contributed by atoms with Crippen molar-refractivity contribution in [1.82, 2.24) is 0 Å². The van der Waals surface area contributed by atoms with Crippen molar-refractivity contribution in [2.24, 2.45) is 0 Å². The quantitative estimate of drug-likeness (QED) is 0.0487. The topological polar surface area (TPSA) is 84.8 Å². The van der Waals surface area contributed by atoms with Gasteiger partial charge in [0, 0.05) is 23.8 Å². The monoisotopic (exact) mass is 820 g/mol. The summed E-state index contributed by atoms with van der Waals surface area (Å²) in [5.74, 6) is 1.38. The van der Waals surface area contributed by atoms with Crippen LogP contribution in [0.15, 0.2) is 140 Å². The molecular weight excluding hydrogens is 764 g/mol. The molecule has 312 valence electrons. The van der Waals surface area contributed by atoms with E-state index in [0.717, 1.165) is 58.4 Å². The van der Waals surface area contributed by atoms with Crippen molar-refractivity contribution < 1.29 is 38.3 Å². The third-order valence-corrected chi connectivity index (χ3v) is 10.5. The number of aliphatic hydroxyl groups excluding tert-OH is 1. The van der Waals surface area contributed by atoms with Crippen LogP contribution in [0.1, 0.15) is 65.7 Å². The Labute approximate surface area is 354 Å². The Morgan fingerprint density at radius 3 is 1.85 bits per heavy atom. The maximum absolute atomic E-state index is 9.35. The molecule has 1 aliphatic heterocycles. The van der Waals surface area contributed by atoms with Gasteiger partial charge in [0.15, 0.2) is 0 Å². The van der Waals surface area contributed by atoms with Crippen molar-refractivity contribution in [3.05, 3.63) is 178 Å². The van der Waals surface area contributed by atoms with Crippen LogP contribution in [0.4, 0.5) is 0 Å². The minimum atomic E-state index is -0.685.